The highest BCUT2D eigenvalue weighted by Gasteiger charge is 2.15. The number of aryl methyl sites for hydroxylation is 1. The van der Waals surface area contributed by atoms with Crippen molar-refractivity contribution in [3.05, 3.63) is 29.3 Å². The van der Waals surface area contributed by atoms with Gasteiger partial charge in [0.05, 0.1) is 5.56 Å². The van der Waals surface area contributed by atoms with Gasteiger partial charge in [0.2, 0.25) is 0 Å². The lowest BCUT2D eigenvalue weighted by molar-refractivity contribution is 0.0803. The van der Waals surface area contributed by atoms with Gasteiger partial charge in [0.25, 0.3) is 5.91 Å². The van der Waals surface area contributed by atoms with Crippen molar-refractivity contribution in [2.24, 2.45) is 0 Å². The zero-order valence-corrected chi connectivity index (χ0v) is 8.87. The van der Waals surface area contributed by atoms with E-state index in [9.17, 15) is 4.79 Å². The van der Waals surface area contributed by atoms with Crippen LogP contribution in [0.4, 0.5) is 5.69 Å². The molecule has 2 N–H and O–H groups in total. The van der Waals surface area contributed by atoms with Crippen LogP contribution in [-0.2, 0) is 0 Å². The first kappa shape index (κ1) is 10.6. The smallest absolute Gasteiger partial charge is 0.255 e. The maximum Gasteiger partial charge on any atom is 0.255 e. The number of amides is 1. The fourth-order valence-electron chi connectivity index (χ4n) is 1.32. The maximum absolute atomic E-state index is 11.9. The van der Waals surface area contributed by atoms with E-state index in [1.807, 2.05) is 26.0 Å². The molecule has 0 aliphatic rings. The molecule has 0 heterocycles. The molecule has 1 rings (SSSR count). The third kappa shape index (κ3) is 1.87. The molecule has 0 unspecified atom stereocenters. The molecule has 0 saturated heterocycles. The number of nitrogens with two attached hydrogens (primary N) is 1. The molecule has 1 aromatic carbocycles. The molecule has 0 radical (unpaired) electrons. The van der Waals surface area contributed by atoms with Crippen LogP contribution in [0, 0.1) is 6.92 Å². The van der Waals surface area contributed by atoms with Crippen molar-refractivity contribution in [2.75, 3.05) is 19.3 Å². The molecule has 14 heavy (non-hydrogen) atoms. The van der Waals surface area contributed by atoms with Crippen LogP contribution in [0.3, 0.4) is 0 Å². The number of carbonyl (C=O) groups is 1. The Morgan fingerprint density at radius 3 is 2.64 bits per heavy atom. The normalized spacial score (nSPS) is 9.93. The Kier molecular flexibility index (Phi) is 3.12. The summed E-state index contributed by atoms with van der Waals surface area (Å²) in [5.41, 5.74) is 7.87. The lowest BCUT2D eigenvalue weighted by Crippen LogP contribution is -2.27. The van der Waals surface area contributed by atoms with Gasteiger partial charge >= 0.3 is 0 Å². The van der Waals surface area contributed by atoms with Crippen molar-refractivity contribution in [3.63, 3.8) is 0 Å². The molecule has 0 aliphatic heterocycles. The molecular formula is C11H16N2O. The number of anilines is 1. The Hall–Kier alpha value is -1.51. The minimum atomic E-state index is -0.0110. The minimum Gasteiger partial charge on any atom is -0.398 e. The fraction of sp³-hybridized carbons (Fsp3) is 0.364. The Balaban J connectivity index is 3.12. The van der Waals surface area contributed by atoms with Gasteiger partial charge in [0.15, 0.2) is 0 Å². The van der Waals surface area contributed by atoms with E-state index < -0.39 is 0 Å². The van der Waals surface area contributed by atoms with E-state index >= 15 is 0 Å². The van der Waals surface area contributed by atoms with Crippen molar-refractivity contribution >= 4 is 11.6 Å². The van der Waals surface area contributed by atoms with Crippen LogP contribution in [0.1, 0.15) is 22.8 Å². The van der Waals surface area contributed by atoms with Gasteiger partial charge in [-0.15, -0.1) is 0 Å². The van der Waals surface area contributed by atoms with E-state index in [1.165, 1.54) is 0 Å². The largest absolute Gasteiger partial charge is 0.398 e. The van der Waals surface area contributed by atoms with Gasteiger partial charge in [-0.2, -0.15) is 0 Å². The monoisotopic (exact) mass is 192 g/mol. The van der Waals surface area contributed by atoms with E-state index in [1.54, 1.807) is 18.0 Å². The highest BCUT2D eigenvalue weighted by molar-refractivity contribution is 6.00. The lowest BCUT2D eigenvalue weighted by Gasteiger charge is -2.17. The molecule has 0 saturated carbocycles. The number of nitrogens with zero attached hydrogens (tertiary/aromatic N) is 1. The molecule has 0 fully saturated rings. The predicted molar refractivity (Wildman–Crippen MR) is 58.2 cm³/mol. The molecule has 0 atom stereocenters. The number of rotatable bonds is 2. The van der Waals surface area contributed by atoms with Crippen LogP contribution in [0.15, 0.2) is 18.2 Å². The number of hydrogen-bond acceptors (Lipinski definition) is 2. The van der Waals surface area contributed by atoms with E-state index in [0.29, 0.717) is 17.8 Å². The summed E-state index contributed by atoms with van der Waals surface area (Å²) in [5.74, 6) is -0.0110. The maximum atomic E-state index is 11.9. The van der Waals surface area contributed by atoms with E-state index in [4.69, 9.17) is 5.73 Å². The molecule has 3 heteroatoms. The number of benzene rings is 1. The molecule has 0 aromatic heterocycles. The van der Waals surface area contributed by atoms with Crippen LogP contribution in [-0.4, -0.2) is 24.4 Å². The Bertz CT molecular complexity index is 327. The zero-order valence-electron chi connectivity index (χ0n) is 8.87. The molecule has 76 valence electrons. The third-order valence-electron chi connectivity index (χ3n) is 2.34. The van der Waals surface area contributed by atoms with Gasteiger partial charge in [-0.1, -0.05) is 12.1 Å². The Morgan fingerprint density at radius 2 is 2.14 bits per heavy atom. The molecule has 3 nitrogen and oxygen atoms in total. The van der Waals surface area contributed by atoms with Crippen LogP contribution >= 0.6 is 0 Å². The summed E-state index contributed by atoms with van der Waals surface area (Å²) < 4.78 is 0. The van der Waals surface area contributed by atoms with Crippen molar-refractivity contribution < 1.29 is 4.79 Å². The van der Waals surface area contributed by atoms with Gasteiger partial charge in [0, 0.05) is 19.3 Å². The van der Waals surface area contributed by atoms with Gasteiger partial charge in [0.1, 0.15) is 0 Å². The van der Waals surface area contributed by atoms with Gasteiger partial charge in [-0.25, -0.2) is 0 Å². The van der Waals surface area contributed by atoms with E-state index in [-0.39, 0.29) is 5.91 Å². The summed E-state index contributed by atoms with van der Waals surface area (Å²) in [6.45, 7) is 4.52. The molecule has 1 amide bonds. The summed E-state index contributed by atoms with van der Waals surface area (Å²) in [6.07, 6.45) is 0. The standard InChI is InChI=1S/C11H16N2O/c1-4-13(3)11(14)10-8(2)6-5-7-9(10)12/h5-7H,4,12H2,1-3H3. The second kappa shape index (κ2) is 4.13. The van der Waals surface area contributed by atoms with Gasteiger partial charge < -0.3 is 10.6 Å². The van der Waals surface area contributed by atoms with Crippen molar-refractivity contribution in [1.29, 1.82) is 0 Å². The first-order valence-electron chi connectivity index (χ1n) is 4.68. The van der Waals surface area contributed by atoms with Crippen molar-refractivity contribution in [3.8, 4) is 0 Å². The number of nitrogen functional groups attached to an aromatic ring is 1. The van der Waals surface area contributed by atoms with E-state index in [2.05, 4.69) is 0 Å². The molecule has 0 spiro atoms. The second-order valence-corrected chi connectivity index (χ2v) is 3.36. The Labute approximate surface area is 84.5 Å². The third-order valence-corrected chi connectivity index (χ3v) is 2.34. The highest BCUT2D eigenvalue weighted by atomic mass is 16.2. The van der Waals surface area contributed by atoms with Crippen LogP contribution in [0.25, 0.3) is 0 Å². The zero-order chi connectivity index (χ0) is 10.7. The second-order valence-electron chi connectivity index (χ2n) is 3.36. The highest BCUT2D eigenvalue weighted by Crippen LogP contribution is 2.17. The fourth-order valence-corrected chi connectivity index (χ4v) is 1.32. The van der Waals surface area contributed by atoms with Crippen molar-refractivity contribution in [1.82, 2.24) is 4.90 Å². The summed E-state index contributed by atoms with van der Waals surface area (Å²) in [4.78, 5) is 13.5. The van der Waals surface area contributed by atoms with Gasteiger partial charge in [-0.05, 0) is 25.5 Å². The average Bonchev–Trinajstić information content (AvgIpc) is 2.16. The van der Waals surface area contributed by atoms with Crippen LogP contribution in [0.5, 0.6) is 0 Å². The molecule has 1 aromatic rings. The summed E-state index contributed by atoms with van der Waals surface area (Å²) in [6, 6.07) is 5.50. The molecule has 0 bridgehead atoms. The SMILES string of the molecule is CCN(C)C(=O)c1c(C)cccc1N. The first-order chi connectivity index (χ1) is 6.57. The van der Waals surface area contributed by atoms with Crippen LogP contribution < -0.4 is 5.73 Å². The minimum absolute atomic E-state index is 0.0110. The first-order valence-corrected chi connectivity index (χ1v) is 4.68. The van der Waals surface area contributed by atoms with Gasteiger partial charge in [-0.3, -0.25) is 4.79 Å². The average molecular weight is 192 g/mol. The summed E-state index contributed by atoms with van der Waals surface area (Å²) >= 11 is 0. The van der Waals surface area contributed by atoms with Crippen LogP contribution in [0.2, 0.25) is 0 Å². The number of hydrogen-bond donors (Lipinski definition) is 1. The topological polar surface area (TPSA) is 46.3 Å². The molecular weight excluding hydrogens is 176 g/mol. The Morgan fingerprint density at radius 1 is 1.50 bits per heavy atom. The lowest BCUT2D eigenvalue weighted by atomic mass is 10.1. The predicted octanol–water partition coefficient (Wildman–Crippen LogP) is 1.67. The quantitative estimate of drug-likeness (QED) is 0.724. The number of carbonyl (C=O) groups excluding carboxylic acids is 1. The summed E-state index contributed by atoms with van der Waals surface area (Å²) in [7, 11) is 1.77. The molecule has 0 aliphatic carbocycles. The van der Waals surface area contributed by atoms with E-state index in [0.717, 1.165) is 5.56 Å². The summed E-state index contributed by atoms with van der Waals surface area (Å²) in [5, 5.41) is 0. The van der Waals surface area contributed by atoms with Crippen molar-refractivity contribution in [2.45, 2.75) is 13.8 Å².